The summed E-state index contributed by atoms with van der Waals surface area (Å²) in [6.45, 7) is 14.8. The molecule has 3 aromatic carbocycles. The molecule has 0 bridgehead atoms. The van der Waals surface area contributed by atoms with Gasteiger partial charge < -0.3 is 14.4 Å². The summed E-state index contributed by atoms with van der Waals surface area (Å²) in [6.07, 6.45) is 0.218. The molecule has 35 heavy (non-hydrogen) atoms. The Balaban J connectivity index is 1.76. The molecular formula is C29H29N3O3. The summed E-state index contributed by atoms with van der Waals surface area (Å²) < 4.78 is 12.0. The number of carbonyl (C=O) groups excluding carboxylic acids is 1. The van der Waals surface area contributed by atoms with E-state index in [0.29, 0.717) is 41.5 Å². The van der Waals surface area contributed by atoms with Gasteiger partial charge in [-0.1, -0.05) is 50.2 Å². The molecule has 0 amide bonds. The number of nitrogens with zero attached hydrogens (tertiary/aromatic N) is 3. The third-order valence-electron chi connectivity index (χ3n) is 5.69. The number of ketones is 1. The van der Waals surface area contributed by atoms with Crippen LogP contribution in [-0.4, -0.2) is 36.9 Å². The first-order chi connectivity index (χ1) is 17.0. The van der Waals surface area contributed by atoms with E-state index >= 15 is 0 Å². The quantitative estimate of drug-likeness (QED) is 0.247. The van der Waals surface area contributed by atoms with Crippen LogP contribution < -0.4 is 9.47 Å². The Bertz CT molecular complexity index is 1200. The van der Waals surface area contributed by atoms with Gasteiger partial charge in [-0.3, -0.25) is 4.79 Å². The number of rotatable bonds is 12. The second-order valence-corrected chi connectivity index (χ2v) is 8.04. The van der Waals surface area contributed by atoms with Gasteiger partial charge in [-0.2, -0.15) is 5.26 Å². The molecule has 0 saturated carbocycles. The van der Waals surface area contributed by atoms with E-state index in [4.69, 9.17) is 21.3 Å². The zero-order chi connectivity index (χ0) is 25.0. The second kappa shape index (κ2) is 12.9. The third-order valence-corrected chi connectivity index (χ3v) is 5.69. The molecule has 3 rings (SSSR count). The summed E-state index contributed by atoms with van der Waals surface area (Å²) in [5.74, 6) is 1.07. The minimum Gasteiger partial charge on any atom is -0.492 e. The van der Waals surface area contributed by atoms with E-state index in [1.807, 2.05) is 12.1 Å². The van der Waals surface area contributed by atoms with E-state index in [9.17, 15) is 4.79 Å². The summed E-state index contributed by atoms with van der Waals surface area (Å²) in [7, 11) is 0. The average molecular weight is 468 g/mol. The van der Waals surface area contributed by atoms with Gasteiger partial charge in [0.25, 0.3) is 0 Å². The van der Waals surface area contributed by atoms with Crippen molar-refractivity contribution in [2.24, 2.45) is 0 Å². The van der Waals surface area contributed by atoms with E-state index in [-0.39, 0.29) is 12.2 Å². The van der Waals surface area contributed by atoms with Crippen LogP contribution in [0.3, 0.4) is 0 Å². The third kappa shape index (κ3) is 7.71. The van der Waals surface area contributed by atoms with Gasteiger partial charge in [0.2, 0.25) is 0 Å². The zero-order valence-corrected chi connectivity index (χ0v) is 20.2. The van der Waals surface area contributed by atoms with Crippen molar-refractivity contribution in [3.8, 4) is 17.6 Å². The molecule has 0 aromatic heterocycles. The average Bonchev–Trinajstić information content (AvgIpc) is 2.90. The van der Waals surface area contributed by atoms with Gasteiger partial charge >= 0.3 is 0 Å². The molecule has 0 aliphatic carbocycles. The highest BCUT2D eigenvalue weighted by atomic mass is 16.5. The van der Waals surface area contributed by atoms with Crippen molar-refractivity contribution in [3.63, 3.8) is 0 Å². The van der Waals surface area contributed by atoms with Crippen LogP contribution in [0, 0.1) is 17.9 Å². The number of hydrogen-bond donors (Lipinski definition) is 0. The molecule has 6 heteroatoms. The Kier molecular flexibility index (Phi) is 9.42. The molecule has 0 saturated heterocycles. The topological polar surface area (TPSA) is 66.9 Å². The zero-order valence-electron chi connectivity index (χ0n) is 20.2. The molecule has 3 aromatic rings. The summed E-state index contributed by atoms with van der Waals surface area (Å²) in [5.41, 5.74) is 3.41. The Morgan fingerprint density at radius 3 is 2.17 bits per heavy atom. The standard InChI is InChI=1S/C29H29N3O3/c1-4-32(5-2)14-15-34-27-17-25(29(33)16-22-10-12-26(31-3)13-11-22)18-28(19-27)35-21-24-8-6-23(20-30)7-9-24/h6-13,17-19H,4-5,14-16,21H2,1-2H3. The van der Waals surface area contributed by atoms with E-state index in [1.165, 1.54) is 0 Å². The van der Waals surface area contributed by atoms with Gasteiger partial charge in [0.05, 0.1) is 18.2 Å². The van der Waals surface area contributed by atoms with E-state index < -0.39 is 0 Å². The molecule has 6 nitrogen and oxygen atoms in total. The Hall–Kier alpha value is -4.13. The lowest BCUT2D eigenvalue weighted by Crippen LogP contribution is -2.27. The maximum absolute atomic E-state index is 13.1. The van der Waals surface area contributed by atoms with Crippen LogP contribution in [0.25, 0.3) is 4.85 Å². The molecule has 0 aliphatic heterocycles. The van der Waals surface area contributed by atoms with Gasteiger partial charge in [0.1, 0.15) is 24.7 Å². The van der Waals surface area contributed by atoms with Crippen molar-refractivity contribution in [2.75, 3.05) is 26.2 Å². The van der Waals surface area contributed by atoms with E-state index in [2.05, 4.69) is 29.7 Å². The van der Waals surface area contributed by atoms with Crippen LogP contribution in [0.4, 0.5) is 5.69 Å². The van der Waals surface area contributed by atoms with E-state index in [1.54, 1.807) is 54.6 Å². The van der Waals surface area contributed by atoms with Gasteiger partial charge in [-0.15, -0.1) is 0 Å². The van der Waals surface area contributed by atoms with Gasteiger partial charge in [0.15, 0.2) is 11.5 Å². The number of Topliss-reactive ketones (excluding diaryl/α,β-unsaturated/α-hetero) is 1. The minimum atomic E-state index is -0.0574. The summed E-state index contributed by atoms with van der Waals surface area (Å²) in [5, 5.41) is 8.97. The fraction of sp³-hybridized carbons (Fsp3) is 0.276. The van der Waals surface area contributed by atoms with Crippen LogP contribution in [0.5, 0.6) is 11.5 Å². The maximum Gasteiger partial charge on any atom is 0.187 e. The smallest absolute Gasteiger partial charge is 0.187 e. The predicted octanol–water partition coefficient (Wildman–Crippen LogP) is 5.83. The van der Waals surface area contributed by atoms with Crippen molar-refractivity contribution in [2.45, 2.75) is 26.9 Å². The van der Waals surface area contributed by atoms with Crippen LogP contribution in [-0.2, 0) is 13.0 Å². The summed E-state index contributed by atoms with van der Waals surface area (Å²) in [6, 6.07) is 21.6. The molecule has 0 aliphatic rings. The fourth-order valence-electron chi connectivity index (χ4n) is 3.55. The first-order valence-electron chi connectivity index (χ1n) is 11.7. The molecule has 0 radical (unpaired) electrons. The summed E-state index contributed by atoms with van der Waals surface area (Å²) >= 11 is 0. The number of likely N-dealkylation sites (N-methyl/N-ethyl adjacent to an activating group) is 1. The number of benzene rings is 3. The molecule has 0 atom stereocenters. The van der Waals surface area contributed by atoms with Crippen molar-refractivity contribution in [1.82, 2.24) is 4.90 Å². The van der Waals surface area contributed by atoms with Gasteiger partial charge in [0, 0.05) is 24.6 Å². The lowest BCUT2D eigenvalue weighted by molar-refractivity contribution is 0.0992. The van der Waals surface area contributed by atoms with Gasteiger partial charge in [-0.05, 0) is 48.5 Å². The van der Waals surface area contributed by atoms with Crippen molar-refractivity contribution < 1.29 is 14.3 Å². The molecule has 0 unspecified atom stereocenters. The number of hydrogen-bond acceptors (Lipinski definition) is 5. The summed E-state index contributed by atoms with van der Waals surface area (Å²) in [4.78, 5) is 18.7. The van der Waals surface area contributed by atoms with Crippen LogP contribution in [0.2, 0.25) is 0 Å². The highest BCUT2D eigenvalue weighted by molar-refractivity contribution is 5.98. The lowest BCUT2D eigenvalue weighted by atomic mass is 10.0. The number of carbonyl (C=O) groups is 1. The fourth-order valence-corrected chi connectivity index (χ4v) is 3.55. The maximum atomic E-state index is 13.1. The Morgan fingerprint density at radius 1 is 0.943 bits per heavy atom. The Morgan fingerprint density at radius 2 is 1.57 bits per heavy atom. The molecule has 0 N–H and O–H groups in total. The largest absolute Gasteiger partial charge is 0.492 e. The minimum absolute atomic E-state index is 0.0574. The van der Waals surface area contributed by atoms with Crippen molar-refractivity contribution in [3.05, 3.63) is 100 Å². The van der Waals surface area contributed by atoms with Crippen LogP contribution in [0.15, 0.2) is 66.7 Å². The number of ether oxygens (including phenoxy) is 2. The van der Waals surface area contributed by atoms with Crippen LogP contribution >= 0.6 is 0 Å². The van der Waals surface area contributed by atoms with Crippen molar-refractivity contribution in [1.29, 1.82) is 5.26 Å². The Labute approximate surface area is 207 Å². The predicted molar refractivity (Wildman–Crippen MR) is 136 cm³/mol. The lowest BCUT2D eigenvalue weighted by Gasteiger charge is -2.18. The van der Waals surface area contributed by atoms with Gasteiger partial charge in [-0.25, -0.2) is 4.85 Å². The molecule has 0 fully saturated rings. The normalized spacial score (nSPS) is 10.4. The molecule has 0 spiro atoms. The second-order valence-electron chi connectivity index (χ2n) is 8.04. The van der Waals surface area contributed by atoms with Crippen molar-refractivity contribution >= 4 is 11.5 Å². The van der Waals surface area contributed by atoms with E-state index in [0.717, 1.165) is 30.8 Å². The first-order valence-corrected chi connectivity index (χ1v) is 11.7. The number of nitriles is 1. The van der Waals surface area contributed by atoms with Crippen LogP contribution in [0.1, 0.15) is 40.9 Å². The molecule has 178 valence electrons. The molecular weight excluding hydrogens is 438 g/mol. The highest BCUT2D eigenvalue weighted by Crippen LogP contribution is 2.25. The molecule has 0 heterocycles. The first kappa shape index (κ1) is 25.5. The highest BCUT2D eigenvalue weighted by Gasteiger charge is 2.12. The monoisotopic (exact) mass is 467 g/mol. The SMILES string of the molecule is [C-]#[N+]c1ccc(CC(=O)c2cc(OCCN(CC)CC)cc(OCc3ccc(C#N)cc3)c2)cc1.